The van der Waals surface area contributed by atoms with Gasteiger partial charge in [-0.05, 0) is 43.0 Å². The Hall–Kier alpha value is -2.50. The summed E-state index contributed by atoms with van der Waals surface area (Å²) in [6, 6.07) is 5.17. The Balaban J connectivity index is 1.72. The third kappa shape index (κ3) is 2.64. The van der Waals surface area contributed by atoms with Crippen molar-refractivity contribution in [3.05, 3.63) is 30.0 Å². The number of phenols is 1. The molecule has 0 spiro atoms. The van der Waals surface area contributed by atoms with E-state index in [0.29, 0.717) is 25.9 Å². The molecule has 0 bridgehead atoms. The number of amides is 2. The minimum absolute atomic E-state index is 0.165. The summed E-state index contributed by atoms with van der Waals surface area (Å²) in [5.74, 6) is -1.16. The molecule has 4 N–H and O–H groups in total. The van der Waals surface area contributed by atoms with Gasteiger partial charge in [0.1, 0.15) is 11.7 Å². The highest BCUT2D eigenvalue weighted by Gasteiger charge is 2.32. The molecule has 3 rings (SSSR count). The summed E-state index contributed by atoms with van der Waals surface area (Å²) in [6.45, 7) is 1.21. The number of piperidine rings is 1. The van der Waals surface area contributed by atoms with Gasteiger partial charge in [0.15, 0.2) is 0 Å². The molecule has 1 fully saturated rings. The fourth-order valence-electron chi connectivity index (χ4n) is 3.05. The van der Waals surface area contributed by atoms with Crippen molar-refractivity contribution in [2.24, 2.45) is 11.7 Å². The summed E-state index contributed by atoms with van der Waals surface area (Å²) in [4.78, 5) is 28.4. The van der Waals surface area contributed by atoms with Gasteiger partial charge < -0.3 is 20.7 Å². The zero-order chi connectivity index (χ0) is 15.7. The largest absolute Gasteiger partial charge is 0.508 e. The van der Waals surface area contributed by atoms with Gasteiger partial charge in [0, 0.05) is 30.2 Å². The number of aromatic nitrogens is 1. The Morgan fingerprint density at radius 2 is 2.27 bits per heavy atom. The number of primary amides is 1. The Kier molecular flexibility index (Phi) is 3.75. The second kappa shape index (κ2) is 5.71. The van der Waals surface area contributed by atoms with E-state index in [1.165, 1.54) is 0 Å². The number of nitrogens with zero attached hydrogens (tertiary/aromatic N) is 1. The topological polar surface area (TPSA) is 99.4 Å². The standard InChI is InChI=1S/C16H19N3O3/c17-15(21)12-2-1-6-19(16(12)22)7-5-10-9-18-14-4-3-11(20)8-13(10)14/h3-4,8-9,12,18,20H,1-2,5-7H2,(H2,17,21). The van der Waals surface area contributed by atoms with Crippen molar-refractivity contribution in [3.8, 4) is 5.75 Å². The number of phenolic OH excluding ortho intramolecular Hbond substituents is 1. The molecule has 1 saturated heterocycles. The Labute approximate surface area is 127 Å². The van der Waals surface area contributed by atoms with Crippen LogP contribution in [0.1, 0.15) is 18.4 Å². The van der Waals surface area contributed by atoms with Crippen LogP contribution in [-0.2, 0) is 16.0 Å². The molecule has 1 unspecified atom stereocenters. The number of aromatic amines is 1. The highest BCUT2D eigenvalue weighted by molar-refractivity contribution is 6.00. The van der Waals surface area contributed by atoms with Crippen LogP contribution in [0.5, 0.6) is 5.75 Å². The lowest BCUT2D eigenvalue weighted by atomic mass is 9.96. The molecule has 2 heterocycles. The van der Waals surface area contributed by atoms with Crippen molar-refractivity contribution in [3.63, 3.8) is 0 Å². The molecule has 2 aromatic rings. The molecule has 116 valence electrons. The van der Waals surface area contributed by atoms with E-state index in [1.54, 1.807) is 17.0 Å². The van der Waals surface area contributed by atoms with Gasteiger partial charge in [-0.2, -0.15) is 0 Å². The maximum Gasteiger partial charge on any atom is 0.235 e. The van der Waals surface area contributed by atoms with Crippen molar-refractivity contribution in [1.82, 2.24) is 9.88 Å². The number of nitrogens with one attached hydrogen (secondary N) is 1. The summed E-state index contributed by atoms with van der Waals surface area (Å²) in [6.07, 6.45) is 3.91. The summed E-state index contributed by atoms with van der Waals surface area (Å²) in [7, 11) is 0. The summed E-state index contributed by atoms with van der Waals surface area (Å²) in [5.41, 5.74) is 7.28. The maximum absolute atomic E-state index is 12.2. The van der Waals surface area contributed by atoms with Crippen LogP contribution in [-0.4, -0.2) is 39.9 Å². The molecule has 22 heavy (non-hydrogen) atoms. The summed E-state index contributed by atoms with van der Waals surface area (Å²) in [5, 5.41) is 10.6. The first-order chi connectivity index (χ1) is 10.6. The predicted molar refractivity (Wildman–Crippen MR) is 82.2 cm³/mol. The van der Waals surface area contributed by atoms with E-state index in [-0.39, 0.29) is 11.7 Å². The second-order valence-electron chi connectivity index (χ2n) is 5.72. The van der Waals surface area contributed by atoms with Crippen molar-refractivity contribution in [1.29, 1.82) is 0 Å². The van der Waals surface area contributed by atoms with Crippen LogP contribution < -0.4 is 5.73 Å². The fraction of sp³-hybridized carbons (Fsp3) is 0.375. The van der Waals surface area contributed by atoms with Crippen molar-refractivity contribution < 1.29 is 14.7 Å². The molecule has 6 nitrogen and oxygen atoms in total. The number of hydrogen-bond donors (Lipinski definition) is 3. The minimum Gasteiger partial charge on any atom is -0.508 e. The Bertz CT molecular complexity index is 722. The van der Waals surface area contributed by atoms with Crippen LogP contribution in [0, 0.1) is 5.92 Å². The van der Waals surface area contributed by atoms with Gasteiger partial charge in [-0.1, -0.05) is 0 Å². The van der Waals surface area contributed by atoms with Gasteiger partial charge in [0.25, 0.3) is 0 Å². The number of rotatable bonds is 4. The van der Waals surface area contributed by atoms with E-state index < -0.39 is 11.8 Å². The molecule has 1 aliphatic heterocycles. The minimum atomic E-state index is -0.680. The summed E-state index contributed by atoms with van der Waals surface area (Å²) >= 11 is 0. The average Bonchev–Trinajstić information content (AvgIpc) is 2.88. The molecular formula is C16H19N3O3. The van der Waals surface area contributed by atoms with E-state index in [1.807, 2.05) is 12.3 Å². The van der Waals surface area contributed by atoms with E-state index in [9.17, 15) is 14.7 Å². The lowest BCUT2D eigenvalue weighted by Crippen LogP contribution is -2.46. The van der Waals surface area contributed by atoms with E-state index in [4.69, 9.17) is 5.73 Å². The molecule has 1 atom stereocenters. The number of H-pyrrole nitrogens is 1. The van der Waals surface area contributed by atoms with Gasteiger partial charge in [-0.3, -0.25) is 9.59 Å². The zero-order valence-corrected chi connectivity index (χ0v) is 12.2. The number of likely N-dealkylation sites (tertiary alicyclic amines) is 1. The van der Waals surface area contributed by atoms with Gasteiger partial charge in [0.2, 0.25) is 11.8 Å². The van der Waals surface area contributed by atoms with Crippen LogP contribution in [0.15, 0.2) is 24.4 Å². The first-order valence-electron chi connectivity index (χ1n) is 7.43. The number of aromatic hydroxyl groups is 1. The highest BCUT2D eigenvalue weighted by Crippen LogP contribution is 2.24. The number of hydrogen-bond acceptors (Lipinski definition) is 3. The molecule has 2 amide bonds. The molecule has 6 heteroatoms. The molecule has 0 saturated carbocycles. The SMILES string of the molecule is NC(=O)C1CCCN(CCc2c[nH]c3ccc(O)cc23)C1=O. The number of carbonyl (C=O) groups excluding carboxylic acids is 2. The van der Waals surface area contributed by atoms with E-state index in [0.717, 1.165) is 22.9 Å². The smallest absolute Gasteiger partial charge is 0.235 e. The van der Waals surface area contributed by atoms with Gasteiger partial charge >= 0.3 is 0 Å². The third-order valence-corrected chi connectivity index (χ3v) is 4.28. The predicted octanol–water partition coefficient (Wildman–Crippen LogP) is 1.14. The van der Waals surface area contributed by atoms with Crippen LogP contribution in [0.3, 0.4) is 0 Å². The number of fused-ring (bicyclic) bond motifs is 1. The molecule has 0 aliphatic carbocycles. The molecule has 1 aromatic carbocycles. The van der Waals surface area contributed by atoms with Crippen LogP contribution in [0.25, 0.3) is 10.9 Å². The van der Waals surface area contributed by atoms with Crippen LogP contribution >= 0.6 is 0 Å². The number of benzene rings is 1. The first-order valence-corrected chi connectivity index (χ1v) is 7.43. The molecule has 1 aromatic heterocycles. The fourth-order valence-corrected chi connectivity index (χ4v) is 3.05. The molecule has 1 aliphatic rings. The zero-order valence-electron chi connectivity index (χ0n) is 12.2. The normalized spacial score (nSPS) is 18.8. The number of nitrogens with two attached hydrogens (primary N) is 1. The van der Waals surface area contributed by atoms with E-state index in [2.05, 4.69) is 4.98 Å². The lowest BCUT2D eigenvalue weighted by Gasteiger charge is -2.30. The molecular weight excluding hydrogens is 282 g/mol. The maximum atomic E-state index is 12.2. The monoisotopic (exact) mass is 301 g/mol. The second-order valence-corrected chi connectivity index (χ2v) is 5.72. The first kappa shape index (κ1) is 14.4. The van der Waals surface area contributed by atoms with Gasteiger partial charge in [0.05, 0.1) is 0 Å². The van der Waals surface area contributed by atoms with Crippen molar-refractivity contribution >= 4 is 22.7 Å². The van der Waals surface area contributed by atoms with Gasteiger partial charge in [-0.15, -0.1) is 0 Å². The quantitative estimate of drug-likeness (QED) is 0.738. The van der Waals surface area contributed by atoms with Crippen LogP contribution in [0.4, 0.5) is 0 Å². The van der Waals surface area contributed by atoms with Crippen molar-refractivity contribution in [2.45, 2.75) is 19.3 Å². The van der Waals surface area contributed by atoms with Crippen LogP contribution in [0.2, 0.25) is 0 Å². The van der Waals surface area contributed by atoms with Gasteiger partial charge in [-0.25, -0.2) is 0 Å². The Morgan fingerprint density at radius 1 is 1.45 bits per heavy atom. The summed E-state index contributed by atoms with van der Waals surface area (Å²) < 4.78 is 0. The van der Waals surface area contributed by atoms with Crippen molar-refractivity contribution in [2.75, 3.05) is 13.1 Å². The highest BCUT2D eigenvalue weighted by atomic mass is 16.3. The third-order valence-electron chi connectivity index (χ3n) is 4.28. The van der Waals surface area contributed by atoms with E-state index >= 15 is 0 Å². The molecule has 0 radical (unpaired) electrons. The Morgan fingerprint density at radius 3 is 3.05 bits per heavy atom. The lowest BCUT2D eigenvalue weighted by molar-refractivity contribution is -0.143. The average molecular weight is 301 g/mol. The number of carbonyl (C=O) groups is 2.